The van der Waals surface area contributed by atoms with E-state index in [0.717, 1.165) is 12.8 Å². The molecule has 0 spiro atoms. The molecule has 9 heteroatoms. The number of likely N-dealkylation sites (N-methyl/N-ethyl adjacent to an activating group) is 1. The molecule has 0 aliphatic heterocycles. The Kier molecular flexibility index (Phi) is 18.1. The number of carbonyl (C=O) groups excluding carboxylic acids is 1. The first-order valence-electron chi connectivity index (χ1n) is 6.14. The largest absolute Gasteiger partial charge is 0.480 e. The Bertz CT molecular complexity index is 270. The van der Waals surface area contributed by atoms with Gasteiger partial charge in [-0.3, -0.25) is 4.79 Å². The quantitative estimate of drug-likeness (QED) is 0.343. The maximum atomic E-state index is 11.8. The number of rotatable bonds is 10. The molecule has 0 saturated heterocycles. The molecule has 1 amide bonds. The fourth-order valence-electron chi connectivity index (χ4n) is 1.52. The molecule has 0 aromatic rings. The molecular weight excluding hydrogens is 309 g/mol. The average Bonchev–Trinajstić information content (AvgIpc) is 2.34. The number of hydrogen-bond donors (Lipinski definition) is 5. The van der Waals surface area contributed by atoms with Gasteiger partial charge in [-0.05, 0) is 25.9 Å². The Labute approximate surface area is 131 Å². The van der Waals surface area contributed by atoms with Crippen LogP contribution in [0.2, 0.25) is 0 Å². The fourth-order valence-corrected chi connectivity index (χ4v) is 1.52. The highest BCUT2D eigenvalue weighted by Crippen LogP contribution is 2.01. The van der Waals surface area contributed by atoms with Crippen LogP contribution in [0.1, 0.15) is 26.2 Å². The standard InChI is InChI=1S/C11H23N3O4.2ClH/c1-2-13-8(5-3-4-6-12)10(16)14-9(7-15)11(17)18;;/h8-9,13,15H,2-7,12H2,1H3,(H,14,16)(H,17,18);2*1H/t8-,9-;;/m0../s1. The van der Waals surface area contributed by atoms with Crippen molar-refractivity contribution in [2.45, 2.75) is 38.3 Å². The second-order valence-electron chi connectivity index (χ2n) is 3.98. The molecule has 0 heterocycles. The SMILES string of the molecule is CCN[C@@H](CCCCN)C(=O)N[C@@H](CO)C(=O)O.Cl.Cl. The zero-order chi connectivity index (χ0) is 14.0. The summed E-state index contributed by atoms with van der Waals surface area (Å²) in [6, 6.07) is -1.71. The van der Waals surface area contributed by atoms with E-state index < -0.39 is 30.6 Å². The molecule has 0 unspecified atom stereocenters. The molecule has 7 nitrogen and oxygen atoms in total. The molecule has 0 bridgehead atoms. The Hall–Kier alpha value is -0.600. The van der Waals surface area contributed by atoms with E-state index in [1.54, 1.807) is 0 Å². The number of hydrogen-bond acceptors (Lipinski definition) is 5. The zero-order valence-corrected chi connectivity index (χ0v) is 13.1. The van der Waals surface area contributed by atoms with Crippen LogP contribution in [-0.4, -0.2) is 53.9 Å². The molecule has 0 aliphatic rings. The molecule has 0 aliphatic carbocycles. The second-order valence-corrected chi connectivity index (χ2v) is 3.98. The lowest BCUT2D eigenvalue weighted by Gasteiger charge is -2.19. The summed E-state index contributed by atoms with van der Waals surface area (Å²) in [5.74, 6) is -1.65. The number of carboxylic acids is 1. The Morgan fingerprint density at radius 1 is 1.20 bits per heavy atom. The number of halogens is 2. The van der Waals surface area contributed by atoms with Gasteiger partial charge in [0.1, 0.15) is 6.04 Å². The number of nitrogens with one attached hydrogen (secondary N) is 2. The molecule has 0 radical (unpaired) electrons. The van der Waals surface area contributed by atoms with E-state index in [4.69, 9.17) is 15.9 Å². The molecule has 0 aromatic carbocycles. The van der Waals surface area contributed by atoms with Gasteiger partial charge in [0.05, 0.1) is 12.6 Å². The van der Waals surface area contributed by atoms with Crippen molar-refractivity contribution in [1.82, 2.24) is 10.6 Å². The highest BCUT2D eigenvalue weighted by atomic mass is 35.5. The number of unbranched alkanes of at least 4 members (excludes halogenated alkanes) is 1. The van der Waals surface area contributed by atoms with Gasteiger partial charge in [0, 0.05) is 0 Å². The minimum atomic E-state index is -1.26. The molecule has 0 fully saturated rings. The number of carboxylic acid groups (broad SMARTS) is 1. The van der Waals surface area contributed by atoms with Gasteiger partial charge in [0.25, 0.3) is 0 Å². The number of aliphatic carboxylic acids is 1. The number of amides is 1. The topological polar surface area (TPSA) is 125 Å². The van der Waals surface area contributed by atoms with Gasteiger partial charge in [-0.1, -0.05) is 13.3 Å². The van der Waals surface area contributed by atoms with E-state index in [2.05, 4.69) is 10.6 Å². The van der Waals surface area contributed by atoms with Gasteiger partial charge < -0.3 is 26.6 Å². The van der Waals surface area contributed by atoms with Crippen molar-refractivity contribution in [3.05, 3.63) is 0 Å². The van der Waals surface area contributed by atoms with Crippen LogP contribution in [0.15, 0.2) is 0 Å². The average molecular weight is 334 g/mol. The smallest absolute Gasteiger partial charge is 0.328 e. The van der Waals surface area contributed by atoms with E-state index in [0.29, 0.717) is 19.5 Å². The highest BCUT2D eigenvalue weighted by Gasteiger charge is 2.23. The number of aliphatic hydroxyl groups is 1. The summed E-state index contributed by atoms with van der Waals surface area (Å²) in [4.78, 5) is 22.5. The summed E-state index contributed by atoms with van der Waals surface area (Å²) in [5, 5.41) is 22.9. The van der Waals surface area contributed by atoms with Crippen LogP contribution in [0, 0.1) is 0 Å². The summed E-state index contributed by atoms with van der Waals surface area (Å²) >= 11 is 0. The predicted octanol–water partition coefficient (Wildman–Crippen LogP) is -0.501. The Balaban J connectivity index is -0.00000144. The Morgan fingerprint density at radius 2 is 1.80 bits per heavy atom. The van der Waals surface area contributed by atoms with Crippen LogP contribution >= 0.6 is 24.8 Å². The summed E-state index contributed by atoms with van der Waals surface area (Å²) in [6.45, 7) is 2.42. The first-order chi connectivity index (χ1) is 8.56. The van der Waals surface area contributed by atoms with Crippen LogP contribution in [0.3, 0.4) is 0 Å². The third-order valence-corrected chi connectivity index (χ3v) is 2.51. The van der Waals surface area contributed by atoms with Crippen molar-refractivity contribution in [3.63, 3.8) is 0 Å². The maximum Gasteiger partial charge on any atom is 0.328 e. The van der Waals surface area contributed by atoms with Crippen LogP contribution < -0.4 is 16.4 Å². The lowest BCUT2D eigenvalue weighted by atomic mass is 10.1. The third-order valence-electron chi connectivity index (χ3n) is 2.51. The van der Waals surface area contributed by atoms with E-state index in [9.17, 15) is 9.59 Å². The summed E-state index contributed by atoms with van der Waals surface area (Å²) in [5.41, 5.74) is 5.38. The number of aliphatic hydroxyl groups excluding tert-OH is 1. The van der Waals surface area contributed by atoms with Gasteiger partial charge in [0.2, 0.25) is 5.91 Å². The molecule has 2 atom stereocenters. The highest BCUT2D eigenvalue weighted by molar-refractivity contribution is 5.87. The molecule has 122 valence electrons. The number of carbonyl (C=O) groups is 2. The van der Waals surface area contributed by atoms with Gasteiger partial charge in [-0.15, -0.1) is 24.8 Å². The summed E-state index contributed by atoms with van der Waals surface area (Å²) < 4.78 is 0. The van der Waals surface area contributed by atoms with E-state index >= 15 is 0 Å². The first-order valence-corrected chi connectivity index (χ1v) is 6.14. The third kappa shape index (κ3) is 10.2. The zero-order valence-electron chi connectivity index (χ0n) is 11.5. The Morgan fingerprint density at radius 3 is 2.20 bits per heavy atom. The molecule has 0 saturated carbocycles. The first kappa shape index (κ1) is 24.4. The van der Waals surface area contributed by atoms with Crippen molar-refractivity contribution in [2.75, 3.05) is 19.7 Å². The monoisotopic (exact) mass is 333 g/mol. The van der Waals surface area contributed by atoms with Gasteiger partial charge in [-0.25, -0.2) is 4.79 Å². The van der Waals surface area contributed by atoms with E-state index in [1.807, 2.05) is 6.92 Å². The van der Waals surface area contributed by atoms with Gasteiger partial charge in [0.15, 0.2) is 0 Å². The van der Waals surface area contributed by atoms with Crippen LogP contribution in [0.25, 0.3) is 0 Å². The molecular formula is C11H25Cl2N3O4. The van der Waals surface area contributed by atoms with Crippen molar-refractivity contribution in [2.24, 2.45) is 5.73 Å². The van der Waals surface area contributed by atoms with Crippen LogP contribution in [0.4, 0.5) is 0 Å². The van der Waals surface area contributed by atoms with Crippen molar-refractivity contribution < 1.29 is 19.8 Å². The fraction of sp³-hybridized carbons (Fsp3) is 0.818. The maximum absolute atomic E-state index is 11.8. The molecule has 20 heavy (non-hydrogen) atoms. The lowest BCUT2D eigenvalue weighted by molar-refractivity contribution is -0.143. The molecule has 6 N–H and O–H groups in total. The molecule has 0 rings (SSSR count). The van der Waals surface area contributed by atoms with Crippen molar-refractivity contribution >= 4 is 36.7 Å². The van der Waals surface area contributed by atoms with E-state index in [1.165, 1.54) is 0 Å². The minimum Gasteiger partial charge on any atom is -0.480 e. The van der Waals surface area contributed by atoms with Crippen LogP contribution in [0.5, 0.6) is 0 Å². The summed E-state index contributed by atoms with van der Waals surface area (Å²) in [6.07, 6.45) is 2.20. The number of nitrogens with two attached hydrogens (primary N) is 1. The molecule has 0 aromatic heterocycles. The van der Waals surface area contributed by atoms with Gasteiger partial charge >= 0.3 is 5.97 Å². The van der Waals surface area contributed by atoms with Crippen LogP contribution in [-0.2, 0) is 9.59 Å². The van der Waals surface area contributed by atoms with Gasteiger partial charge in [-0.2, -0.15) is 0 Å². The lowest BCUT2D eigenvalue weighted by Crippen LogP contribution is -2.51. The summed E-state index contributed by atoms with van der Waals surface area (Å²) in [7, 11) is 0. The van der Waals surface area contributed by atoms with Crippen molar-refractivity contribution in [3.8, 4) is 0 Å². The van der Waals surface area contributed by atoms with Crippen molar-refractivity contribution in [1.29, 1.82) is 0 Å². The van der Waals surface area contributed by atoms with E-state index in [-0.39, 0.29) is 24.8 Å². The minimum absolute atomic E-state index is 0. The normalized spacial score (nSPS) is 12.6. The predicted molar refractivity (Wildman–Crippen MR) is 81.5 cm³/mol. The second kappa shape index (κ2) is 14.8.